The monoisotopic (exact) mass is 620 g/mol. The van der Waals surface area contributed by atoms with Gasteiger partial charge in [-0.2, -0.15) is 0 Å². The quantitative estimate of drug-likeness (QED) is 0.228. The van der Waals surface area contributed by atoms with Gasteiger partial charge < -0.3 is 13.9 Å². The summed E-state index contributed by atoms with van der Waals surface area (Å²) in [5.74, 6) is 1.39. The minimum Gasteiger partial charge on any atom is -0.497 e. The molecule has 2 aromatic heterocycles. The number of carbonyl (C=O) groups is 1. The molecule has 0 fully saturated rings. The molecule has 1 aliphatic rings. The number of methoxy groups -OCH3 is 1. The second kappa shape index (κ2) is 11.8. The number of allylic oxidation sites excluding steroid dienone is 1. The zero-order chi connectivity index (χ0) is 28.4. The Labute approximate surface area is 244 Å². The first-order chi connectivity index (χ1) is 19.3. The van der Waals surface area contributed by atoms with E-state index in [1.54, 1.807) is 24.7 Å². The number of thiazole rings is 1. The Morgan fingerprint density at radius 1 is 1.18 bits per heavy atom. The highest BCUT2D eigenvalue weighted by atomic mass is 79.9. The summed E-state index contributed by atoms with van der Waals surface area (Å²) in [5.41, 5.74) is 3.55. The Balaban J connectivity index is 1.68. The van der Waals surface area contributed by atoms with Crippen molar-refractivity contribution in [2.45, 2.75) is 39.7 Å². The fraction of sp³-hybridized carbons (Fsp3) is 0.258. The van der Waals surface area contributed by atoms with Crippen molar-refractivity contribution >= 4 is 39.3 Å². The second-order valence-electron chi connectivity index (χ2n) is 9.38. The van der Waals surface area contributed by atoms with Gasteiger partial charge in [-0.15, -0.1) is 0 Å². The topological polar surface area (TPSA) is 83.0 Å². The molecule has 0 saturated carbocycles. The van der Waals surface area contributed by atoms with Gasteiger partial charge >= 0.3 is 5.97 Å². The molecule has 4 aromatic rings. The molecule has 2 aromatic carbocycles. The zero-order valence-corrected chi connectivity index (χ0v) is 25.1. The number of esters is 1. The average Bonchev–Trinajstić information content (AvgIpc) is 3.52. The lowest BCUT2D eigenvalue weighted by Gasteiger charge is -2.26. The molecule has 1 unspecified atom stereocenters. The molecule has 0 N–H and O–H groups in total. The van der Waals surface area contributed by atoms with E-state index in [-0.39, 0.29) is 12.2 Å². The van der Waals surface area contributed by atoms with Gasteiger partial charge in [0, 0.05) is 16.1 Å². The number of hydrogen-bond donors (Lipinski definition) is 0. The lowest BCUT2D eigenvalue weighted by Crippen LogP contribution is -2.40. The molecule has 9 heteroatoms. The summed E-state index contributed by atoms with van der Waals surface area (Å²) >= 11 is 4.88. The van der Waals surface area contributed by atoms with Crippen molar-refractivity contribution in [1.29, 1.82) is 0 Å². The molecule has 0 radical (unpaired) electrons. The van der Waals surface area contributed by atoms with Gasteiger partial charge in [0.1, 0.15) is 17.3 Å². The second-order valence-corrected chi connectivity index (χ2v) is 11.2. The molecule has 5 rings (SSSR count). The predicted octanol–water partition coefficient (Wildman–Crippen LogP) is 5.92. The summed E-state index contributed by atoms with van der Waals surface area (Å²) in [6.45, 7) is 6.04. The molecule has 1 aliphatic heterocycles. The van der Waals surface area contributed by atoms with Crippen LogP contribution in [0.25, 0.3) is 17.4 Å². The smallest absolute Gasteiger partial charge is 0.338 e. The summed E-state index contributed by atoms with van der Waals surface area (Å²) in [5, 5.41) is 0. The Morgan fingerprint density at radius 3 is 2.73 bits per heavy atom. The van der Waals surface area contributed by atoms with Crippen LogP contribution in [0.15, 0.2) is 84.5 Å². The van der Waals surface area contributed by atoms with E-state index in [2.05, 4.69) is 15.9 Å². The highest BCUT2D eigenvalue weighted by molar-refractivity contribution is 9.10. The van der Waals surface area contributed by atoms with Gasteiger partial charge in [0.2, 0.25) is 0 Å². The Hall–Kier alpha value is -3.69. The Bertz CT molecular complexity index is 1800. The van der Waals surface area contributed by atoms with E-state index in [4.69, 9.17) is 18.9 Å². The van der Waals surface area contributed by atoms with Gasteiger partial charge in [0.25, 0.3) is 5.56 Å². The average molecular weight is 622 g/mol. The van der Waals surface area contributed by atoms with Crippen LogP contribution in [0.1, 0.15) is 49.6 Å². The van der Waals surface area contributed by atoms with Crippen LogP contribution in [0, 0.1) is 6.92 Å². The number of ether oxygens (including phenoxy) is 2. The summed E-state index contributed by atoms with van der Waals surface area (Å²) in [6, 6.07) is 16.5. The van der Waals surface area contributed by atoms with E-state index in [0.717, 1.165) is 27.6 Å². The number of hydrogen-bond acceptors (Lipinski definition) is 7. The highest BCUT2D eigenvalue weighted by Gasteiger charge is 2.34. The number of rotatable bonds is 8. The van der Waals surface area contributed by atoms with Gasteiger partial charge in [-0.05, 0) is 67.8 Å². The van der Waals surface area contributed by atoms with Gasteiger partial charge in [-0.3, -0.25) is 9.36 Å². The fourth-order valence-corrected chi connectivity index (χ4v) is 6.46. The van der Waals surface area contributed by atoms with Crippen molar-refractivity contribution in [1.82, 2.24) is 4.57 Å². The van der Waals surface area contributed by atoms with Crippen LogP contribution in [0.4, 0.5) is 0 Å². The van der Waals surface area contributed by atoms with E-state index in [1.165, 1.54) is 11.3 Å². The predicted molar refractivity (Wildman–Crippen MR) is 159 cm³/mol. The van der Waals surface area contributed by atoms with Crippen molar-refractivity contribution in [3.63, 3.8) is 0 Å². The van der Waals surface area contributed by atoms with Gasteiger partial charge in [0.05, 0.1) is 35.6 Å². The molecule has 40 heavy (non-hydrogen) atoms. The number of fused-ring (bicyclic) bond motifs is 1. The fourth-order valence-electron chi connectivity index (χ4n) is 4.77. The first kappa shape index (κ1) is 27.9. The van der Waals surface area contributed by atoms with Crippen LogP contribution < -0.4 is 19.6 Å². The number of nitrogens with zero attached hydrogens (tertiary/aromatic N) is 2. The van der Waals surface area contributed by atoms with Crippen LogP contribution >= 0.6 is 27.3 Å². The first-order valence-corrected chi connectivity index (χ1v) is 14.7. The molecule has 0 saturated heterocycles. The van der Waals surface area contributed by atoms with Crippen molar-refractivity contribution in [3.8, 4) is 17.1 Å². The molecule has 0 amide bonds. The van der Waals surface area contributed by atoms with Crippen molar-refractivity contribution in [3.05, 3.63) is 107 Å². The van der Waals surface area contributed by atoms with Crippen LogP contribution in [-0.4, -0.2) is 24.3 Å². The maximum absolute atomic E-state index is 13.9. The van der Waals surface area contributed by atoms with Gasteiger partial charge in [-0.25, -0.2) is 9.79 Å². The lowest BCUT2D eigenvalue weighted by molar-refractivity contribution is -0.139. The maximum atomic E-state index is 13.9. The number of benzene rings is 2. The Morgan fingerprint density at radius 2 is 2.00 bits per heavy atom. The first-order valence-electron chi connectivity index (χ1n) is 13.1. The number of aromatic nitrogens is 1. The molecule has 0 spiro atoms. The van der Waals surface area contributed by atoms with Crippen LogP contribution in [0.5, 0.6) is 5.75 Å². The summed E-state index contributed by atoms with van der Waals surface area (Å²) in [7, 11) is 1.59. The van der Waals surface area contributed by atoms with Crippen LogP contribution in [0.2, 0.25) is 0 Å². The third-order valence-corrected chi connectivity index (χ3v) is 8.23. The maximum Gasteiger partial charge on any atom is 0.338 e. The summed E-state index contributed by atoms with van der Waals surface area (Å²) < 4.78 is 20.0. The molecule has 0 aliphatic carbocycles. The molecule has 3 heterocycles. The SMILES string of the molecule is CCCC1=C(C(=O)OCC)C(c2cccc(OC)c2)n2c(s/c(=C\c3ccc(-c4ccc(C)cc4Br)o3)c2=O)=N1. The summed E-state index contributed by atoms with van der Waals surface area (Å²) in [4.78, 5) is 32.6. The minimum absolute atomic E-state index is 0.217. The standard InChI is InChI=1S/C31H29BrN2O5S/c1-5-8-24-27(30(36)38-6-2)28(19-9-7-10-20(16-19)37-4)34-29(35)26(40-31(34)33-24)17-21-12-14-25(39-21)22-13-11-18(3)15-23(22)32/h7,9-17,28H,5-6,8H2,1-4H3/b26-17-. The van der Waals surface area contributed by atoms with E-state index < -0.39 is 12.0 Å². The van der Waals surface area contributed by atoms with Crippen LogP contribution in [0.3, 0.4) is 0 Å². The summed E-state index contributed by atoms with van der Waals surface area (Å²) in [6.07, 6.45) is 3.09. The molecule has 206 valence electrons. The minimum atomic E-state index is -0.704. The molecule has 1 atom stereocenters. The normalized spacial score (nSPS) is 15.1. The van der Waals surface area contributed by atoms with Crippen molar-refractivity contribution in [2.75, 3.05) is 13.7 Å². The molecule has 7 nitrogen and oxygen atoms in total. The Kier molecular flexibility index (Phi) is 8.23. The van der Waals surface area contributed by atoms with Crippen LogP contribution in [-0.2, 0) is 9.53 Å². The van der Waals surface area contributed by atoms with E-state index >= 15 is 0 Å². The van der Waals surface area contributed by atoms with E-state index in [1.807, 2.05) is 68.4 Å². The number of aryl methyl sites for hydroxylation is 1. The van der Waals surface area contributed by atoms with Gasteiger partial charge in [0.15, 0.2) is 4.80 Å². The zero-order valence-electron chi connectivity index (χ0n) is 22.7. The van der Waals surface area contributed by atoms with E-state index in [9.17, 15) is 9.59 Å². The van der Waals surface area contributed by atoms with Crippen molar-refractivity contribution in [2.24, 2.45) is 4.99 Å². The van der Waals surface area contributed by atoms with E-state index in [0.29, 0.717) is 44.3 Å². The third kappa shape index (κ3) is 5.36. The molecule has 0 bridgehead atoms. The van der Waals surface area contributed by atoms with Gasteiger partial charge in [-0.1, -0.05) is 58.8 Å². The molecular formula is C31H29BrN2O5S. The number of halogens is 1. The third-order valence-electron chi connectivity index (χ3n) is 6.59. The number of carbonyl (C=O) groups excluding carboxylic acids is 1. The lowest BCUT2D eigenvalue weighted by atomic mass is 9.94. The molecular weight excluding hydrogens is 592 g/mol. The largest absolute Gasteiger partial charge is 0.497 e. The van der Waals surface area contributed by atoms with Crippen molar-refractivity contribution < 1.29 is 18.7 Å². The number of furan rings is 1. The highest BCUT2D eigenvalue weighted by Crippen LogP contribution is 2.34.